The van der Waals surface area contributed by atoms with Gasteiger partial charge in [0.2, 0.25) is 0 Å². The number of aryl methyl sites for hydroxylation is 1. The van der Waals surface area contributed by atoms with Gasteiger partial charge in [-0.1, -0.05) is 5.10 Å². The molecular formula is C30H34ClF9N6O2S. The molecule has 4 rings (SSSR count). The lowest BCUT2D eigenvalue weighted by Gasteiger charge is -2.34. The Morgan fingerprint density at radius 3 is 1.98 bits per heavy atom. The van der Waals surface area contributed by atoms with Crippen molar-refractivity contribution in [3.05, 3.63) is 58.7 Å². The number of aliphatic carboxylic acids is 1. The molecule has 1 saturated carbocycles. The molecule has 0 saturated heterocycles. The number of carbonyl (C=O) groups is 1. The number of alkyl halides is 9. The normalized spacial score (nSPS) is 17.0. The van der Waals surface area contributed by atoms with E-state index in [9.17, 15) is 44.3 Å². The number of carboxylic acids is 1. The number of tetrazole rings is 1. The van der Waals surface area contributed by atoms with Gasteiger partial charge in [0.05, 0.1) is 18.2 Å². The van der Waals surface area contributed by atoms with Crippen LogP contribution < -0.4 is 9.80 Å². The number of anilines is 2. The lowest BCUT2D eigenvalue weighted by atomic mass is 9.80. The van der Waals surface area contributed by atoms with Gasteiger partial charge in [0.15, 0.2) is 0 Å². The van der Waals surface area contributed by atoms with Crippen molar-refractivity contribution in [3.8, 4) is 0 Å². The molecule has 1 aromatic heterocycles. The summed E-state index contributed by atoms with van der Waals surface area (Å²) < 4.78 is 122. The smallest absolute Gasteiger partial charge is 0.446 e. The van der Waals surface area contributed by atoms with Crippen LogP contribution in [-0.2, 0) is 37.3 Å². The topological polar surface area (TPSA) is 87.4 Å². The summed E-state index contributed by atoms with van der Waals surface area (Å²) in [6, 6.07) is 5.27. The van der Waals surface area contributed by atoms with Crippen molar-refractivity contribution in [2.75, 3.05) is 22.9 Å². The minimum absolute atomic E-state index is 0. The van der Waals surface area contributed by atoms with Crippen molar-refractivity contribution in [1.29, 1.82) is 0 Å². The molecule has 0 radical (unpaired) electrons. The zero-order valence-electron chi connectivity index (χ0n) is 26.2. The fourth-order valence-electron chi connectivity index (χ4n) is 5.90. The molecule has 2 aromatic carbocycles. The Bertz CT molecular complexity index is 1530. The van der Waals surface area contributed by atoms with Crippen LogP contribution >= 0.6 is 24.2 Å². The van der Waals surface area contributed by atoms with Crippen molar-refractivity contribution in [3.63, 3.8) is 0 Å². The van der Waals surface area contributed by atoms with Crippen molar-refractivity contribution >= 4 is 41.8 Å². The summed E-state index contributed by atoms with van der Waals surface area (Å²) in [5.41, 5.74) is -7.21. The molecule has 3 aromatic rings. The van der Waals surface area contributed by atoms with Gasteiger partial charge in [0.25, 0.3) is 5.95 Å². The van der Waals surface area contributed by atoms with Crippen LogP contribution in [0.2, 0.25) is 0 Å². The zero-order valence-corrected chi connectivity index (χ0v) is 27.9. The lowest BCUT2D eigenvalue weighted by molar-refractivity contribution is -0.143. The summed E-state index contributed by atoms with van der Waals surface area (Å²) in [7, 11) is 1.40. The monoisotopic (exact) mass is 748 g/mol. The molecule has 0 amide bonds. The third-order valence-corrected chi connectivity index (χ3v) is 8.80. The van der Waals surface area contributed by atoms with Crippen molar-refractivity contribution < 1.29 is 49.4 Å². The van der Waals surface area contributed by atoms with Gasteiger partial charge in [-0.3, -0.25) is 4.79 Å². The first-order valence-corrected chi connectivity index (χ1v) is 15.7. The molecule has 272 valence electrons. The average Bonchev–Trinajstić information content (AvgIpc) is 3.41. The van der Waals surface area contributed by atoms with E-state index in [1.165, 1.54) is 30.1 Å². The number of nitrogens with zero attached hydrogens (tertiary/aromatic N) is 6. The van der Waals surface area contributed by atoms with Crippen LogP contribution in [0, 0.1) is 11.8 Å². The van der Waals surface area contributed by atoms with E-state index in [0.717, 1.165) is 17.6 Å². The fourth-order valence-corrected chi connectivity index (χ4v) is 6.51. The van der Waals surface area contributed by atoms with Crippen LogP contribution in [0.25, 0.3) is 0 Å². The van der Waals surface area contributed by atoms with E-state index < -0.39 is 41.5 Å². The summed E-state index contributed by atoms with van der Waals surface area (Å²) in [5, 5.41) is 20.8. The highest BCUT2D eigenvalue weighted by Gasteiger charge is 2.37. The van der Waals surface area contributed by atoms with Gasteiger partial charge < -0.3 is 14.9 Å². The molecule has 0 unspecified atom stereocenters. The quantitative estimate of drug-likeness (QED) is 0.146. The number of benzene rings is 2. The Labute approximate surface area is 286 Å². The second-order valence-corrected chi connectivity index (χ2v) is 12.8. The van der Waals surface area contributed by atoms with Crippen molar-refractivity contribution in [1.82, 2.24) is 20.2 Å². The van der Waals surface area contributed by atoms with E-state index in [0.29, 0.717) is 49.3 Å². The van der Waals surface area contributed by atoms with Crippen LogP contribution in [-0.4, -0.2) is 49.9 Å². The summed E-state index contributed by atoms with van der Waals surface area (Å²) in [6.07, 6.45) is -7.17. The van der Waals surface area contributed by atoms with Crippen LogP contribution in [0.15, 0.2) is 41.3 Å². The molecule has 1 aliphatic carbocycles. The predicted molar refractivity (Wildman–Crippen MR) is 166 cm³/mol. The number of thioether (sulfide) groups is 1. The minimum Gasteiger partial charge on any atom is -0.481 e. The van der Waals surface area contributed by atoms with E-state index >= 15 is 0 Å². The molecular weight excluding hydrogens is 715 g/mol. The minimum atomic E-state index is -5.09. The Morgan fingerprint density at radius 2 is 1.49 bits per heavy atom. The van der Waals surface area contributed by atoms with E-state index in [1.807, 2.05) is 11.8 Å². The zero-order chi connectivity index (χ0) is 35.4. The number of halogens is 10. The molecule has 0 bridgehead atoms. The second kappa shape index (κ2) is 16.1. The molecule has 1 fully saturated rings. The van der Waals surface area contributed by atoms with Gasteiger partial charge in [-0.05, 0) is 109 Å². The predicted octanol–water partition coefficient (Wildman–Crippen LogP) is 8.60. The van der Waals surface area contributed by atoms with E-state index in [1.54, 1.807) is 0 Å². The van der Waals surface area contributed by atoms with Gasteiger partial charge in [-0.25, -0.2) is 0 Å². The van der Waals surface area contributed by atoms with Crippen molar-refractivity contribution in [2.45, 2.75) is 74.9 Å². The second-order valence-electron chi connectivity index (χ2n) is 11.7. The molecule has 0 atom stereocenters. The van der Waals surface area contributed by atoms with Gasteiger partial charge in [0.1, 0.15) is 0 Å². The Hall–Kier alpha value is -3.41. The molecule has 49 heavy (non-hydrogen) atoms. The van der Waals surface area contributed by atoms with Crippen molar-refractivity contribution in [2.24, 2.45) is 18.9 Å². The Balaban J connectivity index is 0.00000650. The highest BCUT2D eigenvalue weighted by atomic mass is 35.5. The highest BCUT2D eigenvalue weighted by molar-refractivity contribution is 8.00. The third kappa shape index (κ3) is 11.6. The summed E-state index contributed by atoms with van der Waals surface area (Å²) in [6.45, 7) is 1.93. The number of aromatic nitrogens is 4. The van der Waals surface area contributed by atoms with E-state index in [2.05, 4.69) is 15.4 Å². The molecule has 0 spiro atoms. The molecule has 19 heteroatoms. The van der Waals surface area contributed by atoms with E-state index in [-0.39, 0.29) is 71.4 Å². The number of rotatable bonds is 12. The average molecular weight is 749 g/mol. The molecule has 1 N–H and O–H groups in total. The summed E-state index contributed by atoms with van der Waals surface area (Å²) in [4.78, 5) is 15.2. The van der Waals surface area contributed by atoms with Crippen LogP contribution in [0.3, 0.4) is 0 Å². The lowest BCUT2D eigenvalue weighted by Crippen LogP contribution is -2.33. The third-order valence-electron chi connectivity index (χ3n) is 8.08. The first-order chi connectivity index (χ1) is 22.3. The molecule has 8 nitrogen and oxygen atoms in total. The van der Waals surface area contributed by atoms with Gasteiger partial charge >= 0.3 is 23.8 Å². The fraction of sp³-hybridized carbons (Fsp3) is 0.533. The first kappa shape index (κ1) is 40.0. The first-order valence-electron chi connectivity index (χ1n) is 14.9. The Morgan fingerprint density at radius 1 is 0.898 bits per heavy atom. The van der Waals surface area contributed by atoms with Crippen LogP contribution in [0.4, 0.5) is 51.1 Å². The van der Waals surface area contributed by atoms with Crippen LogP contribution in [0.1, 0.15) is 61.3 Å². The maximum atomic E-state index is 13.6. The molecule has 0 aliphatic heterocycles. The summed E-state index contributed by atoms with van der Waals surface area (Å²) in [5.74, 6) is -0.805. The van der Waals surface area contributed by atoms with Gasteiger partial charge in [0, 0.05) is 43.2 Å². The SMILES string of the molecule is CCN(C[C@H]1CC[C@H](CC(=O)O)CC1)c1ccc(SC(F)(F)F)cc1CN(Cc1cc(C(F)(F)F)cc(C(F)(F)F)c1)c1nnn(C)n1.Cl. The van der Waals surface area contributed by atoms with Gasteiger partial charge in [-0.15, -0.1) is 17.5 Å². The summed E-state index contributed by atoms with van der Waals surface area (Å²) >= 11 is -0.359. The maximum absolute atomic E-state index is 13.6. The van der Waals surface area contributed by atoms with Crippen LogP contribution in [0.5, 0.6) is 0 Å². The molecule has 1 heterocycles. The molecule has 1 aliphatic rings. The highest BCUT2D eigenvalue weighted by Crippen LogP contribution is 2.41. The number of hydrogen-bond acceptors (Lipinski definition) is 7. The van der Waals surface area contributed by atoms with Gasteiger partial charge in [-0.2, -0.15) is 44.3 Å². The standard InChI is InChI=1S/C30H33F9N6O2S.ClH/c1-3-44(15-19-6-4-18(5-7-19)12-26(46)47)25-9-8-24(48-30(37,38)39)13-21(25)17-45(27-40-42-43(2)41-27)16-20-10-22(28(31,32)33)14-23(11-20)29(34,35)36;/h8-11,13-14,18-19H,3-7,12,15-17H2,1-2H3,(H,46,47);1H/t18-,19-;. The largest absolute Gasteiger partial charge is 0.481 e. The number of carboxylic acid groups (broad SMARTS) is 1. The van der Waals surface area contributed by atoms with E-state index in [4.69, 9.17) is 5.11 Å². The number of hydrogen-bond donors (Lipinski definition) is 1. The maximum Gasteiger partial charge on any atom is 0.446 e. The Kier molecular flexibility index (Phi) is 13.1.